The third-order valence-corrected chi connectivity index (χ3v) is 5.87. The molecule has 170 valence electrons. The highest BCUT2D eigenvalue weighted by atomic mass is 16.5. The van der Waals surface area contributed by atoms with Crippen LogP contribution in [-0.4, -0.2) is 59.9 Å². The maximum absolute atomic E-state index is 13.5. The van der Waals surface area contributed by atoms with Crippen molar-refractivity contribution >= 4 is 17.5 Å². The van der Waals surface area contributed by atoms with Gasteiger partial charge in [0.1, 0.15) is 11.8 Å². The molecule has 4 rings (SSSR count). The van der Waals surface area contributed by atoms with Crippen LogP contribution in [0.3, 0.4) is 0 Å². The van der Waals surface area contributed by atoms with Crippen LogP contribution in [0.5, 0.6) is 5.75 Å². The van der Waals surface area contributed by atoms with Gasteiger partial charge in [0.25, 0.3) is 5.91 Å². The first-order valence-electron chi connectivity index (χ1n) is 11.0. The number of piperazine rings is 1. The zero-order valence-corrected chi connectivity index (χ0v) is 18.9. The number of hydrogen-bond acceptors (Lipinski definition) is 5. The Kier molecular flexibility index (Phi) is 7.00. The molecule has 0 aliphatic carbocycles. The van der Waals surface area contributed by atoms with Gasteiger partial charge in [0, 0.05) is 44.1 Å². The third-order valence-electron chi connectivity index (χ3n) is 5.87. The van der Waals surface area contributed by atoms with E-state index in [2.05, 4.69) is 15.2 Å². The molecule has 1 aliphatic rings. The van der Waals surface area contributed by atoms with E-state index in [0.717, 1.165) is 11.1 Å². The zero-order valence-electron chi connectivity index (χ0n) is 18.9. The van der Waals surface area contributed by atoms with E-state index in [0.29, 0.717) is 43.2 Å². The molecule has 7 nitrogen and oxygen atoms in total. The molecule has 0 bridgehead atoms. The molecular formula is C26H28N4O3. The molecular weight excluding hydrogens is 416 g/mol. The molecule has 1 N–H and O–H groups in total. The molecule has 0 unspecified atom stereocenters. The van der Waals surface area contributed by atoms with Crippen molar-refractivity contribution in [3.8, 4) is 5.75 Å². The Balaban J connectivity index is 1.52. The zero-order chi connectivity index (χ0) is 23.2. The third kappa shape index (κ3) is 5.21. The molecule has 0 spiro atoms. The first-order chi connectivity index (χ1) is 16.1. The highest BCUT2D eigenvalue weighted by Crippen LogP contribution is 2.29. The monoisotopic (exact) mass is 444 g/mol. The number of nitrogens with zero attached hydrogens (tertiary/aromatic N) is 3. The second kappa shape index (κ2) is 10.3. The number of hydrogen-bond donors (Lipinski definition) is 1. The minimum atomic E-state index is -0.477. The first-order valence-corrected chi connectivity index (χ1v) is 11.0. The van der Waals surface area contributed by atoms with E-state index >= 15 is 0 Å². The van der Waals surface area contributed by atoms with Gasteiger partial charge in [-0.25, -0.2) is 0 Å². The van der Waals surface area contributed by atoms with Gasteiger partial charge >= 0.3 is 0 Å². The van der Waals surface area contributed by atoms with Crippen molar-refractivity contribution < 1.29 is 14.3 Å². The lowest BCUT2D eigenvalue weighted by Crippen LogP contribution is -2.51. The fraction of sp³-hybridized carbons (Fsp3) is 0.269. The Morgan fingerprint density at radius 1 is 0.970 bits per heavy atom. The highest BCUT2D eigenvalue weighted by Gasteiger charge is 2.32. The number of aromatic nitrogens is 1. The van der Waals surface area contributed by atoms with Gasteiger partial charge in [-0.3, -0.25) is 19.5 Å². The normalized spacial score (nSPS) is 15.0. The van der Waals surface area contributed by atoms with Crippen LogP contribution >= 0.6 is 0 Å². The van der Waals surface area contributed by atoms with Crippen molar-refractivity contribution in [3.63, 3.8) is 0 Å². The summed E-state index contributed by atoms with van der Waals surface area (Å²) in [6.45, 7) is 4.25. The lowest BCUT2D eigenvalue weighted by Gasteiger charge is -2.38. The summed E-state index contributed by atoms with van der Waals surface area (Å²) in [7, 11) is 1.59. The number of carbonyl (C=O) groups excluding carboxylic acids is 2. The van der Waals surface area contributed by atoms with Crippen LogP contribution in [0.2, 0.25) is 0 Å². The second-order valence-electron chi connectivity index (χ2n) is 8.07. The van der Waals surface area contributed by atoms with Crippen molar-refractivity contribution in [1.29, 1.82) is 0 Å². The number of anilines is 1. The molecule has 1 saturated heterocycles. The predicted molar refractivity (Wildman–Crippen MR) is 127 cm³/mol. The van der Waals surface area contributed by atoms with Crippen molar-refractivity contribution in [2.45, 2.75) is 13.0 Å². The van der Waals surface area contributed by atoms with Gasteiger partial charge in [0.15, 0.2) is 0 Å². The largest absolute Gasteiger partial charge is 0.495 e. The second-order valence-corrected chi connectivity index (χ2v) is 8.07. The number of rotatable bonds is 6. The molecule has 7 heteroatoms. The number of nitrogens with one attached hydrogen (secondary N) is 1. The summed E-state index contributed by atoms with van der Waals surface area (Å²) in [6, 6.07) is 18.4. The molecule has 3 aromatic rings. The van der Waals surface area contributed by atoms with Gasteiger partial charge in [-0.05, 0) is 42.3 Å². The van der Waals surface area contributed by atoms with Gasteiger partial charge in [-0.1, -0.05) is 36.4 Å². The average molecular weight is 445 g/mol. The van der Waals surface area contributed by atoms with Gasteiger partial charge in [0.2, 0.25) is 5.91 Å². The van der Waals surface area contributed by atoms with Gasteiger partial charge in [-0.2, -0.15) is 0 Å². The number of pyridine rings is 1. The molecule has 1 atom stereocenters. The quantitative estimate of drug-likeness (QED) is 0.630. The molecule has 2 aromatic carbocycles. The van der Waals surface area contributed by atoms with Crippen LogP contribution in [-0.2, 0) is 4.79 Å². The van der Waals surface area contributed by atoms with Crippen LogP contribution in [0, 0.1) is 6.92 Å². The lowest BCUT2D eigenvalue weighted by molar-refractivity contribution is -0.122. The van der Waals surface area contributed by atoms with Gasteiger partial charge in [-0.15, -0.1) is 0 Å². The summed E-state index contributed by atoms with van der Waals surface area (Å²) in [5.74, 6) is 0.481. The number of amides is 2. The number of aryl methyl sites for hydroxylation is 1. The molecule has 33 heavy (non-hydrogen) atoms. The maximum Gasteiger partial charge on any atom is 0.254 e. The number of ether oxygens (including phenoxy) is 1. The van der Waals surface area contributed by atoms with E-state index in [1.165, 1.54) is 0 Å². The topological polar surface area (TPSA) is 74.8 Å². The SMILES string of the molecule is COc1ccc(C)cc1NC(=O)[C@H](c1ccccc1)N1CCN(C(=O)c2ccncc2)CC1. The van der Waals surface area contributed by atoms with Gasteiger partial charge in [0.05, 0.1) is 12.8 Å². The van der Waals surface area contributed by atoms with E-state index in [1.54, 1.807) is 31.6 Å². The summed E-state index contributed by atoms with van der Waals surface area (Å²) in [6.07, 6.45) is 3.25. The minimum Gasteiger partial charge on any atom is -0.495 e. The highest BCUT2D eigenvalue weighted by molar-refractivity contribution is 5.97. The van der Waals surface area contributed by atoms with Gasteiger partial charge < -0.3 is 15.0 Å². The predicted octanol–water partition coefficient (Wildman–Crippen LogP) is 3.54. The minimum absolute atomic E-state index is 0.0118. The summed E-state index contributed by atoms with van der Waals surface area (Å²) in [5, 5.41) is 3.06. The molecule has 0 radical (unpaired) electrons. The van der Waals surface area contributed by atoms with Crippen molar-refractivity contribution in [2.75, 3.05) is 38.6 Å². The molecule has 1 aromatic heterocycles. The van der Waals surface area contributed by atoms with Crippen LogP contribution in [0.4, 0.5) is 5.69 Å². The standard InChI is InChI=1S/C26H28N4O3/c1-19-8-9-23(33-2)22(18-19)28-25(31)24(20-6-4-3-5-7-20)29-14-16-30(17-15-29)26(32)21-10-12-27-13-11-21/h3-13,18,24H,14-17H2,1-2H3,(H,28,31)/t24-/m0/s1. The van der Waals surface area contributed by atoms with Crippen molar-refractivity contribution in [1.82, 2.24) is 14.8 Å². The van der Waals surface area contributed by atoms with Crippen LogP contribution in [0.1, 0.15) is 27.5 Å². The summed E-state index contributed by atoms with van der Waals surface area (Å²) in [5.41, 5.74) is 3.22. The Bertz CT molecular complexity index is 1100. The van der Waals surface area contributed by atoms with Crippen molar-refractivity contribution in [3.05, 3.63) is 89.7 Å². The van der Waals surface area contributed by atoms with Crippen LogP contribution in [0.25, 0.3) is 0 Å². The Labute approximate surface area is 194 Å². The smallest absolute Gasteiger partial charge is 0.254 e. The first kappa shape index (κ1) is 22.5. The van der Waals surface area contributed by atoms with E-state index in [9.17, 15) is 9.59 Å². The van der Waals surface area contributed by atoms with E-state index < -0.39 is 6.04 Å². The number of methoxy groups -OCH3 is 1. The Morgan fingerprint density at radius 3 is 2.33 bits per heavy atom. The molecule has 0 saturated carbocycles. The average Bonchev–Trinajstić information content (AvgIpc) is 2.85. The Hall–Kier alpha value is -3.71. The molecule has 2 heterocycles. The maximum atomic E-state index is 13.5. The van der Waals surface area contributed by atoms with Crippen molar-refractivity contribution in [2.24, 2.45) is 0 Å². The number of carbonyl (C=O) groups is 2. The summed E-state index contributed by atoms with van der Waals surface area (Å²) >= 11 is 0. The Morgan fingerprint density at radius 2 is 1.67 bits per heavy atom. The van der Waals surface area contributed by atoms with Crippen LogP contribution < -0.4 is 10.1 Å². The van der Waals surface area contributed by atoms with E-state index in [4.69, 9.17) is 4.74 Å². The number of benzene rings is 2. The summed E-state index contributed by atoms with van der Waals surface area (Å²) < 4.78 is 5.44. The lowest BCUT2D eigenvalue weighted by atomic mass is 10.0. The fourth-order valence-electron chi connectivity index (χ4n) is 4.14. The molecule has 1 fully saturated rings. The molecule has 1 aliphatic heterocycles. The van der Waals surface area contributed by atoms with Crippen LogP contribution in [0.15, 0.2) is 73.1 Å². The summed E-state index contributed by atoms with van der Waals surface area (Å²) in [4.78, 5) is 34.3. The molecule has 2 amide bonds. The van der Waals surface area contributed by atoms with E-state index in [-0.39, 0.29) is 11.8 Å². The van der Waals surface area contributed by atoms with E-state index in [1.807, 2.05) is 60.4 Å². The fourth-order valence-corrected chi connectivity index (χ4v) is 4.14.